The quantitative estimate of drug-likeness (QED) is 0.0169. The fraction of sp³-hybridized carbons (Fsp3) is 0.640. The molecule has 0 rings (SSSR count). The standard InChI is InChI=1S/C89H146O17P2/c1-5-9-13-17-21-25-29-33-36-39-41-44-47-51-54-58-62-66-70-74-87(92)100-80-85(106-89(94)76-72-68-64-60-56-52-48-45-42-40-37-34-30-26-22-18-14-10-6-2)82-104-108(97,98)102-78-83(90)77-101-107(95,96)103-81-84(105-88(93)75-71-67-63-59-55-49-32-28-24-20-16-12-8-4)79-99-86(91)73-69-65-61-57-53-50-46-43-38-35-31-27-23-19-15-11-7-3/h9-11,13-15,21-23,25-27,33-38,41-42,44-46,50-51,54,57,61,83-85,90H,5-8,12,16-20,24,28-32,39-40,43,47-49,52-53,55-56,58-60,62-82H2,1-4H3,(H,95,96)(H,97,98)/b13-9-,14-10-,15-11-,25-21-,26-22-,27-23-,36-33-,37-34-,38-35-,44-41-,45-42-,50-46-,54-51-,61-57-. The minimum absolute atomic E-state index is 0.0639. The fourth-order valence-electron chi connectivity index (χ4n) is 10.5. The third-order valence-electron chi connectivity index (χ3n) is 16.7. The molecule has 0 aromatic carbocycles. The highest BCUT2D eigenvalue weighted by Crippen LogP contribution is 2.45. The minimum Gasteiger partial charge on any atom is -0.462 e. The first-order valence-electron chi connectivity index (χ1n) is 41.4. The number of carbonyl (C=O) groups is 4. The molecule has 0 fully saturated rings. The van der Waals surface area contributed by atoms with Gasteiger partial charge in [0.1, 0.15) is 19.3 Å². The van der Waals surface area contributed by atoms with Crippen LogP contribution in [0.15, 0.2) is 170 Å². The van der Waals surface area contributed by atoms with Gasteiger partial charge in [0.25, 0.3) is 0 Å². The van der Waals surface area contributed by atoms with E-state index in [1.807, 2.05) is 12.2 Å². The van der Waals surface area contributed by atoms with Gasteiger partial charge >= 0.3 is 39.5 Å². The lowest BCUT2D eigenvalue weighted by atomic mass is 10.0. The minimum atomic E-state index is -5.00. The summed E-state index contributed by atoms with van der Waals surface area (Å²) in [4.78, 5) is 73.1. The Morgan fingerprint density at radius 1 is 0.269 bits per heavy atom. The second-order valence-electron chi connectivity index (χ2n) is 26.9. The van der Waals surface area contributed by atoms with Crippen LogP contribution in [0.4, 0.5) is 0 Å². The van der Waals surface area contributed by atoms with Crippen molar-refractivity contribution in [1.29, 1.82) is 0 Å². The summed E-state index contributed by atoms with van der Waals surface area (Å²) < 4.78 is 68.6. The zero-order valence-electron chi connectivity index (χ0n) is 67.2. The molecule has 0 aromatic rings. The molecule has 0 bridgehead atoms. The van der Waals surface area contributed by atoms with Crippen molar-refractivity contribution < 1.29 is 80.2 Å². The van der Waals surface area contributed by atoms with Crippen LogP contribution in [0.1, 0.15) is 310 Å². The second kappa shape index (κ2) is 79.5. The van der Waals surface area contributed by atoms with Gasteiger partial charge in [0, 0.05) is 25.7 Å². The Bertz CT molecular complexity index is 2710. The average molecular weight is 1550 g/mol. The van der Waals surface area contributed by atoms with Crippen molar-refractivity contribution in [3.63, 3.8) is 0 Å². The molecule has 0 aliphatic carbocycles. The Kier molecular flexibility index (Phi) is 75.4. The molecule has 5 atom stereocenters. The molecule has 0 amide bonds. The third kappa shape index (κ3) is 78.5. The lowest BCUT2D eigenvalue weighted by Crippen LogP contribution is -2.30. The van der Waals surface area contributed by atoms with E-state index in [1.54, 1.807) is 0 Å². The Morgan fingerprint density at radius 3 is 0.787 bits per heavy atom. The van der Waals surface area contributed by atoms with Gasteiger partial charge in [0.05, 0.1) is 26.4 Å². The molecule has 0 heterocycles. The first-order chi connectivity index (χ1) is 52.7. The first-order valence-corrected chi connectivity index (χ1v) is 44.4. The Labute approximate surface area is 654 Å². The van der Waals surface area contributed by atoms with Crippen molar-refractivity contribution in [2.45, 2.75) is 329 Å². The van der Waals surface area contributed by atoms with Gasteiger partial charge in [-0.1, -0.05) is 307 Å². The average Bonchev–Trinajstić information content (AvgIpc) is 0.892. The summed E-state index contributed by atoms with van der Waals surface area (Å²) in [6.45, 7) is 4.42. The number of unbranched alkanes of at least 4 members (excludes halogenated alkanes) is 22. The number of aliphatic hydroxyl groups is 1. The van der Waals surface area contributed by atoms with Crippen LogP contribution in [0.5, 0.6) is 0 Å². The third-order valence-corrected chi connectivity index (χ3v) is 18.6. The molecule has 0 saturated carbocycles. The zero-order valence-corrected chi connectivity index (χ0v) is 69.0. The highest BCUT2D eigenvalue weighted by atomic mass is 31.2. The highest BCUT2D eigenvalue weighted by Gasteiger charge is 2.30. The number of phosphoric ester groups is 2. The number of phosphoric acid groups is 2. The van der Waals surface area contributed by atoms with Gasteiger partial charge in [-0.05, 0) is 148 Å². The van der Waals surface area contributed by atoms with E-state index < -0.39 is 97.5 Å². The normalized spacial score (nSPS) is 14.7. The van der Waals surface area contributed by atoms with E-state index in [2.05, 4.69) is 186 Å². The lowest BCUT2D eigenvalue weighted by molar-refractivity contribution is -0.161. The van der Waals surface area contributed by atoms with E-state index in [0.29, 0.717) is 32.1 Å². The van der Waals surface area contributed by atoms with Crippen molar-refractivity contribution in [2.75, 3.05) is 39.6 Å². The van der Waals surface area contributed by atoms with Crippen LogP contribution in [0.3, 0.4) is 0 Å². The van der Waals surface area contributed by atoms with Crippen molar-refractivity contribution >= 4 is 39.5 Å². The Hall–Kier alpha value is -5.58. The summed E-state index contributed by atoms with van der Waals surface area (Å²) in [5.74, 6) is -2.30. The van der Waals surface area contributed by atoms with Gasteiger partial charge in [-0.25, -0.2) is 9.13 Å². The molecule has 0 aliphatic heterocycles. The Balaban J connectivity index is 5.47. The predicted octanol–water partition coefficient (Wildman–Crippen LogP) is 24.6. The van der Waals surface area contributed by atoms with Gasteiger partial charge in [0.15, 0.2) is 12.2 Å². The van der Waals surface area contributed by atoms with Crippen molar-refractivity contribution in [3.8, 4) is 0 Å². The van der Waals surface area contributed by atoms with E-state index in [1.165, 1.54) is 51.4 Å². The van der Waals surface area contributed by atoms with Crippen LogP contribution in [-0.2, 0) is 65.4 Å². The molecule has 17 nitrogen and oxygen atoms in total. The number of allylic oxidation sites excluding steroid dienone is 28. The topological polar surface area (TPSA) is 237 Å². The van der Waals surface area contributed by atoms with Crippen molar-refractivity contribution in [3.05, 3.63) is 170 Å². The molecule has 5 unspecified atom stereocenters. The molecule has 0 aliphatic rings. The zero-order chi connectivity index (χ0) is 78.9. The summed E-state index contributed by atoms with van der Waals surface area (Å²) in [7, 11) is -10.0. The van der Waals surface area contributed by atoms with Gasteiger partial charge in [-0.3, -0.25) is 37.3 Å². The number of hydrogen-bond acceptors (Lipinski definition) is 15. The first kappa shape index (κ1) is 102. The van der Waals surface area contributed by atoms with Crippen LogP contribution in [0.25, 0.3) is 0 Å². The van der Waals surface area contributed by atoms with Crippen LogP contribution < -0.4 is 0 Å². The maximum Gasteiger partial charge on any atom is 0.472 e. The molecule has 0 saturated heterocycles. The van der Waals surface area contributed by atoms with E-state index in [-0.39, 0.29) is 25.7 Å². The number of esters is 4. The summed E-state index contributed by atoms with van der Waals surface area (Å²) in [6.07, 6.45) is 94.7. The molecule has 3 N–H and O–H groups in total. The summed E-state index contributed by atoms with van der Waals surface area (Å²) >= 11 is 0. The maximum absolute atomic E-state index is 13.1. The van der Waals surface area contributed by atoms with Crippen molar-refractivity contribution in [1.82, 2.24) is 0 Å². The predicted molar refractivity (Wildman–Crippen MR) is 445 cm³/mol. The molecule has 108 heavy (non-hydrogen) atoms. The second-order valence-corrected chi connectivity index (χ2v) is 29.8. The van der Waals surface area contributed by atoms with E-state index in [4.69, 9.17) is 37.0 Å². The number of rotatable bonds is 76. The Morgan fingerprint density at radius 2 is 0.491 bits per heavy atom. The lowest BCUT2D eigenvalue weighted by Gasteiger charge is -2.21. The smallest absolute Gasteiger partial charge is 0.462 e. The fourth-order valence-corrected chi connectivity index (χ4v) is 12.1. The van der Waals surface area contributed by atoms with Crippen LogP contribution in [0.2, 0.25) is 0 Å². The number of aliphatic hydroxyl groups excluding tert-OH is 1. The highest BCUT2D eigenvalue weighted by molar-refractivity contribution is 7.47. The van der Waals surface area contributed by atoms with Crippen molar-refractivity contribution in [2.24, 2.45) is 0 Å². The SMILES string of the molecule is CC/C=C\C/C=C\C/C=C\C/C=C\C/C=C\CCCCCC(=O)OCC(COP(=O)(O)OCC(O)COP(=O)(O)OCC(COC(=O)CCC/C=C\C/C=C\C/C=C\C/C=C\C/C=C\CC)OC(=O)CCCCCCCCCCCCCCC)OC(=O)CCCCCCCC/C=C\C/C=C\C/C=C\C/C=C\CC. The molecule has 0 radical (unpaired) electrons. The van der Waals surface area contributed by atoms with Gasteiger partial charge in [0.2, 0.25) is 0 Å². The van der Waals surface area contributed by atoms with Crippen LogP contribution >= 0.6 is 15.6 Å². The van der Waals surface area contributed by atoms with Crippen LogP contribution in [0, 0.1) is 0 Å². The van der Waals surface area contributed by atoms with Crippen LogP contribution in [-0.4, -0.2) is 96.7 Å². The van der Waals surface area contributed by atoms with E-state index in [9.17, 15) is 43.2 Å². The molecular weight excluding hydrogens is 1400 g/mol. The largest absolute Gasteiger partial charge is 0.472 e. The summed E-state index contributed by atoms with van der Waals surface area (Å²) in [6, 6.07) is 0. The number of ether oxygens (including phenoxy) is 4. The van der Waals surface area contributed by atoms with Gasteiger partial charge in [-0.2, -0.15) is 0 Å². The van der Waals surface area contributed by atoms with E-state index in [0.717, 1.165) is 173 Å². The summed E-state index contributed by atoms with van der Waals surface area (Å²) in [5.41, 5.74) is 0. The number of hydrogen-bond donors (Lipinski definition) is 3. The summed E-state index contributed by atoms with van der Waals surface area (Å²) in [5, 5.41) is 10.7. The number of carbonyl (C=O) groups excluding carboxylic acids is 4. The van der Waals surface area contributed by atoms with Gasteiger partial charge in [-0.15, -0.1) is 0 Å². The molecule has 614 valence electrons. The maximum atomic E-state index is 13.1. The molecular formula is C89H146O17P2. The molecule has 19 heteroatoms. The van der Waals surface area contributed by atoms with Gasteiger partial charge < -0.3 is 33.8 Å². The molecule has 0 aromatic heterocycles. The van der Waals surface area contributed by atoms with E-state index >= 15 is 0 Å². The monoisotopic (exact) mass is 1550 g/mol. The molecule has 0 spiro atoms.